The summed E-state index contributed by atoms with van der Waals surface area (Å²) in [6.07, 6.45) is -0.635. The summed E-state index contributed by atoms with van der Waals surface area (Å²) < 4.78 is 18.4. The van der Waals surface area contributed by atoms with Gasteiger partial charge in [0.1, 0.15) is 18.2 Å². The molecule has 1 aliphatic heterocycles. The zero-order valence-corrected chi connectivity index (χ0v) is 20.3. The molecule has 0 aromatic heterocycles. The third-order valence-corrected chi connectivity index (χ3v) is 5.97. The fraction of sp³-hybridized carbons (Fsp3) is 0.308. The van der Waals surface area contributed by atoms with Crippen molar-refractivity contribution in [1.82, 2.24) is 4.90 Å². The molecule has 1 atom stereocenters. The highest BCUT2D eigenvalue weighted by Gasteiger charge is 2.21. The van der Waals surface area contributed by atoms with Crippen molar-refractivity contribution >= 4 is 28.9 Å². The van der Waals surface area contributed by atoms with Crippen LogP contribution in [0.25, 0.3) is 0 Å². The zero-order chi connectivity index (χ0) is 24.3. The monoisotopic (exact) mass is 506 g/mol. The molecular weight excluding hydrogens is 478 g/mol. The fourth-order valence-electron chi connectivity index (χ4n) is 3.62. The summed E-state index contributed by atoms with van der Waals surface area (Å²) in [6.45, 7) is 3.92. The Labute approximate surface area is 209 Å². The van der Waals surface area contributed by atoms with Crippen molar-refractivity contribution in [3.05, 3.63) is 94.2 Å². The molecule has 0 aliphatic carbocycles. The van der Waals surface area contributed by atoms with Crippen LogP contribution < -0.4 is 9.64 Å². The Bertz CT molecular complexity index is 1000. The Morgan fingerprint density at radius 1 is 0.912 bits per heavy atom. The van der Waals surface area contributed by atoms with E-state index in [0.29, 0.717) is 17.3 Å². The Kier molecular flexibility index (Phi) is 10.4. The number of halogens is 3. The van der Waals surface area contributed by atoms with E-state index in [1.165, 1.54) is 12.1 Å². The average Bonchev–Trinajstić information content (AvgIpc) is 2.85. The molecule has 34 heavy (non-hydrogen) atoms. The van der Waals surface area contributed by atoms with Gasteiger partial charge in [0.25, 0.3) is 0 Å². The van der Waals surface area contributed by atoms with Crippen LogP contribution in [0.1, 0.15) is 11.7 Å². The molecule has 0 amide bonds. The average molecular weight is 507 g/mol. The van der Waals surface area contributed by atoms with Gasteiger partial charge in [0.15, 0.2) is 0 Å². The van der Waals surface area contributed by atoms with E-state index in [0.717, 1.165) is 42.5 Å². The van der Waals surface area contributed by atoms with Crippen molar-refractivity contribution in [2.45, 2.75) is 6.10 Å². The number of aliphatic hydroxyl groups is 2. The molecule has 0 spiro atoms. The number of benzene rings is 3. The van der Waals surface area contributed by atoms with Crippen molar-refractivity contribution in [2.24, 2.45) is 0 Å². The van der Waals surface area contributed by atoms with Gasteiger partial charge in [0.05, 0.1) is 23.4 Å². The van der Waals surface area contributed by atoms with Crippen LogP contribution in [-0.4, -0.2) is 61.1 Å². The maximum atomic E-state index is 13.0. The molecule has 1 saturated heterocycles. The largest absolute Gasteiger partial charge is 0.491 e. The SMILES string of the molecule is Clc1ccccc1.OCCOc1ccc(N2CCN(CC(O)c3ccc(F)cc3)CC2)c(Cl)c1. The molecule has 4 rings (SSSR count). The van der Waals surface area contributed by atoms with Crippen LogP contribution in [0.3, 0.4) is 0 Å². The van der Waals surface area contributed by atoms with E-state index in [4.69, 9.17) is 33.0 Å². The van der Waals surface area contributed by atoms with Crippen LogP contribution in [0.4, 0.5) is 10.1 Å². The third-order valence-electron chi connectivity index (χ3n) is 5.41. The van der Waals surface area contributed by atoms with Crippen LogP contribution in [-0.2, 0) is 0 Å². The molecule has 0 bridgehead atoms. The molecule has 1 unspecified atom stereocenters. The quantitative estimate of drug-likeness (QED) is 0.469. The molecule has 3 aromatic rings. The number of β-amino-alcohol motifs (C(OH)–C–C–N with tert-alkyl or cyclic N) is 1. The minimum atomic E-state index is -0.635. The Morgan fingerprint density at radius 3 is 2.15 bits per heavy atom. The molecule has 2 N–H and O–H groups in total. The first-order chi connectivity index (χ1) is 16.5. The summed E-state index contributed by atoms with van der Waals surface area (Å²) in [5, 5.41) is 20.6. The molecule has 1 aliphatic rings. The summed E-state index contributed by atoms with van der Waals surface area (Å²) in [5.74, 6) is 0.336. The topological polar surface area (TPSA) is 56.2 Å². The van der Waals surface area contributed by atoms with E-state index < -0.39 is 6.10 Å². The maximum absolute atomic E-state index is 13.0. The van der Waals surface area contributed by atoms with Crippen LogP contribution >= 0.6 is 23.2 Å². The smallest absolute Gasteiger partial charge is 0.123 e. The van der Waals surface area contributed by atoms with E-state index >= 15 is 0 Å². The third kappa shape index (κ3) is 8.15. The molecule has 5 nitrogen and oxygen atoms in total. The maximum Gasteiger partial charge on any atom is 0.123 e. The second-order valence-corrected chi connectivity index (χ2v) is 8.68. The van der Waals surface area contributed by atoms with Crippen molar-refractivity contribution in [1.29, 1.82) is 0 Å². The molecular formula is C26H29Cl2FN2O3. The lowest BCUT2D eigenvalue weighted by molar-refractivity contribution is 0.109. The van der Waals surface area contributed by atoms with E-state index in [-0.39, 0.29) is 19.0 Å². The van der Waals surface area contributed by atoms with Gasteiger partial charge in [0, 0.05) is 43.8 Å². The van der Waals surface area contributed by atoms with Crippen molar-refractivity contribution in [2.75, 3.05) is 50.8 Å². The van der Waals surface area contributed by atoms with Crippen LogP contribution in [0.2, 0.25) is 10.0 Å². The van der Waals surface area contributed by atoms with Gasteiger partial charge in [-0.3, -0.25) is 4.90 Å². The summed E-state index contributed by atoms with van der Waals surface area (Å²) >= 11 is 11.9. The van der Waals surface area contributed by atoms with Crippen molar-refractivity contribution in [3.8, 4) is 5.75 Å². The number of aliphatic hydroxyl groups excluding tert-OH is 2. The summed E-state index contributed by atoms with van der Waals surface area (Å²) in [5.41, 5.74) is 1.67. The lowest BCUT2D eigenvalue weighted by Gasteiger charge is -2.37. The zero-order valence-electron chi connectivity index (χ0n) is 18.8. The highest BCUT2D eigenvalue weighted by atomic mass is 35.5. The summed E-state index contributed by atoms with van der Waals surface area (Å²) in [4.78, 5) is 4.40. The predicted octanol–water partition coefficient (Wildman–Crippen LogP) is 5.05. The second kappa shape index (κ2) is 13.5. The Balaban J connectivity index is 0.000000396. The normalized spacial score (nSPS) is 14.8. The lowest BCUT2D eigenvalue weighted by atomic mass is 10.1. The summed E-state index contributed by atoms with van der Waals surface area (Å²) in [7, 11) is 0. The van der Waals surface area contributed by atoms with Crippen molar-refractivity contribution < 1.29 is 19.3 Å². The number of hydrogen-bond acceptors (Lipinski definition) is 5. The van der Waals surface area contributed by atoms with Crippen LogP contribution in [0.5, 0.6) is 5.75 Å². The summed E-state index contributed by atoms with van der Waals surface area (Å²) in [6, 6.07) is 21.0. The van der Waals surface area contributed by atoms with Gasteiger partial charge in [-0.1, -0.05) is 53.5 Å². The number of rotatable bonds is 7. The minimum absolute atomic E-state index is 0.0366. The van der Waals surface area contributed by atoms with E-state index in [9.17, 15) is 9.50 Å². The molecule has 0 saturated carbocycles. The van der Waals surface area contributed by atoms with Gasteiger partial charge in [-0.25, -0.2) is 4.39 Å². The predicted molar refractivity (Wildman–Crippen MR) is 135 cm³/mol. The molecule has 0 radical (unpaired) electrons. The van der Waals surface area contributed by atoms with Gasteiger partial charge in [-0.2, -0.15) is 0 Å². The van der Waals surface area contributed by atoms with E-state index in [2.05, 4.69) is 9.80 Å². The van der Waals surface area contributed by atoms with Crippen LogP contribution in [0, 0.1) is 5.82 Å². The van der Waals surface area contributed by atoms with Gasteiger partial charge < -0.3 is 19.8 Å². The number of ether oxygens (including phenoxy) is 1. The number of hydrogen-bond donors (Lipinski definition) is 2. The van der Waals surface area contributed by atoms with Gasteiger partial charge >= 0.3 is 0 Å². The first-order valence-electron chi connectivity index (χ1n) is 11.1. The van der Waals surface area contributed by atoms with E-state index in [1.807, 2.05) is 42.5 Å². The second-order valence-electron chi connectivity index (χ2n) is 7.84. The number of anilines is 1. The van der Waals surface area contributed by atoms with Crippen LogP contribution in [0.15, 0.2) is 72.8 Å². The Morgan fingerprint density at radius 2 is 1.59 bits per heavy atom. The Hall–Kier alpha value is -2.35. The van der Waals surface area contributed by atoms with E-state index in [1.54, 1.807) is 18.2 Å². The number of piperazine rings is 1. The molecule has 3 aromatic carbocycles. The van der Waals surface area contributed by atoms with Crippen molar-refractivity contribution in [3.63, 3.8) is 0 Å². The standard InChI is InChI=1S/C20H24ClFN2O3.C6H5Cl/c21-18-13-17(27-12-11-25)5-6-19(18)24-9-7-23(8-10-24)14-20(26)15-1-3-16(22)4-2-15;7-6-4-2-1-3-5-6/h1-6,13,20,25-26H,7-12,14H2;1-5H. The van der Waals surface area contributed by atoms with Gasteiger partial charge in [-0.05, 0) is 42.0 Å². The molecule has 1 fully saturated rings. The number of nitrogens with zero attached hydrogens (tertiary/aromatic N) is 2. The highest BCUT2D eigenvalue weighted by molar-refractivity contribution is 6.33. The first kappa shape index (κ1) is 26.3. The highest BCUT2D eigenvalue weighted by Crippen LogP contribution is 2.31. The molecule has 182 valence electrons. The molecule has 8 heteroatoms. The molecule has 1 heterocycles. The first-order valence-corrected chi connectivity index (χ1v) is 11.9. The fourth-order valence-corrected chi connectivity index (χ4v) is 4.05. The van der Waals surface area contributed by atoms with Gasteiger partial charge in [0.2, 0.25) is 0 Å². The minimum Gasteiger partial charge on any atom is -0.491 e. The lowest BCUT2D eigenvalue weighted by Crippen LogP contribution is -2.47. The van der Waals surface area contributed by atoms with Gasteiger partial charge in [-0.15, -0.1) is 0 Å².